The summed E-state index contributed by atoms with van der Waals surface area (Å²) in [6.07, 6.45) is 0. The molecule has 1 rings (SSSR count). The number of hydrogen-bond acceptors (Lipinski definition) is 12. The Morgan fingerprint density at radius 1 is 0.583 bits per heavy atom. The van der Waals surface area contributed by atoms with Crippen LogP contribution < -0.4 is 17.1 Å². The zero-order valence-corrected chi connectivity index (χ0v) is 23.1. The normalized spacial score (nSPS) is 13.8. The number of hydrogen-bond donors (Lipinski definition) is 3. The first kappa shape index (κ1) is 32.4. The van der Waals surface area contributed by atoms with Crippen LogP contribution in [0.1, 0.15) is 20.8 Å². The average Bonchev–Trinajstić information content (AvgIpc) is 2.81. The molecule has 0 N–H and O–H groups in total. The van der Waals surface area contributed by atoms with Crippen LogP contribution >= 0.6 is 37.9 Å². The van der Waals surface area contributed by atoms with Gasteiger partial charge in [0.1, 0.15) is 19.8 Å². The lowest BCUT2D eigenvalue weighted by Gasteiger charge is -2.15. The number of aromatic nitrogens is 3. The first-order valence-corrected chi connectivity index (χ1v) is 12.7. The summed E-state index contributed by atoms with van der Waals surface area (Å²) in [5.74, 6) is -0.799. The van der Waals surface area contributed by atoms with E-state index in [9.17, 15) is 28.8 Å². The van der Waals surface area contributed by atoms with Crippen LogP contribution in [0, 0.1) is 0 Å². The van der Waals surface area contributed by atoms with Crippen molar-refractivity contribution in [2.75, 3.05) is 39.6 Å². The zero-order chi connectivity index (χ0) is 27.4. The van der Waals surface area contributed by atoms with Gasteiger partial charge >= 0.3 is 17.1 Å². The lowest BCUT2D eigenvalue weighted by Crippen LogP contribution is -2.55. The first-order chi connectivity index (χ1) is 16.9. The molecule has 1 aromatic heterocycles. The van der Waals surface area contributed by atoms with E-state index in [-0.39, 0.29) is 76.6 Å². The molecular formula is C21H33N3O9S3. The van der Waals surface area contributed by atoms with Crippen LogP contribution in [0.5, 0.6) is 0 Å². The molecule has 0 amide bonds. The van der Waals surface area contributed by atoms with Gasteiger partial charge in [0, 0.05) is 0 Å². The summed E-state index contributed by atoms with van der Waals surface area (Å²) in [5, 5.41) is -1.58. The Kier molecular flexibility index (Phi) is 14.6. The quantitative estimate of drug-likeness (QED) is 0.148. The molecule has 0 aliphatic rings. The zero-order valence-electron chi connectivity index (χ0n) is 20.5. The van der Waals surface area contributed by atoms with Crippen LogP contribution in [0.3, 0.4) is 0 Å². The maximum Gasteiger partial charge on any atom is 0.336 e. The monoisotopic (exact) mass is 567 g/mol. The van der Waals surface area contributed by atoms with Crippen molar-refractivity contribution in [3.63, 3.8) is 0 Å². The van der Waals surface area contributed by atoms with Gasteiger partial charge in [0.2, 0.25) is 0 Å². The molecule has 36 heavy (non-hydrogen) atoms. The fraction of sp³-hybridized carbons (Fsp3) is 0.714. The molecule has 0 saturated carbocycles. The number of nitrogens with zero attached hydrogens (tertiary/aromatic N) is 3. The van der Waals surface area contributed by atoms with Crippen LogP contribution in [0.25, 0.3) is 0 Å². The Hall–Kier alpha value is -1.65. The van der Waals surface area contributed by atoms with Crippen LogP contribution in [0.4, 0.5) is 0 Å². The van der Waals surface area contributed by atoms with E-state index in [1.165, 1.54) is 0 Å². The highest BCUT2D eigenvalue weighted by Gasteiger charge is 2.17. The summed E-state index contributed by atoms with van der Waals surface area (Å²) in [4.78, 5) is 73.6. The Bertz CT molecular complexity index is 914. The van der Waals surface area contributed by atoms with Gasteiger partial charge in [-0.1, -0.05) is 0 Å². The standard InChI is InChI=1S/C21H33N3O9S3/c1-13(34)16(25)10-31-7-4-22-19(28)23(5-8-32-11-17(26)14(2)35)21(30)24(20(22)29)6-9-33-12-18(27)15(3)36/h13-15,34-36H,4-12H2,1-3H3. The molecule has 204 valence electrons. The summed E-state index contributed by atoms with van der Waals surface area (Å²) in [6.45, 7) is 2.93. The van der Waals surface area contributed by atoms with Crippen molar-refractivity contribution >= 4 is 55.2 Å². The van der Waals surface area contributed by atoms with E-state index in [1.807, 2.05) is 0 Å². The van der Waals surface area contributed by atoms with E-state index >= 15 is 0 Å². The SMILES string of the molecule is CC(S)C(=O)COCCn1c(=O)n(CCOCC(=O)C(C)S)c(=O)n(CCOCC(=O)C(C)S)c1=O. The molecule has 12 nitrogen and oxygen atoms in total. The van der Waals surface area contributed by atoms with Crippen molar-refractivity contribution in [3.8, 4) is 0 Å². The van der Waals surface area contributed by atoms with Crippen molar-refractivity contribution < 1.29 is 28.6 Å². The molecule has 3 unspecified atom stereocenters. The minimum Gasteiger partial charge on any atom is -0.372 e. The van der Waals surface area contributed by atoms with Crippen molar-refractivity contribution in [2.24, 2.45) is 0 Å². The molecule has 0 bridgehead atoms. The smallest absolute Gasteiger partial charge is 0.336 e. The van der Waals surface area contributed by atoms with Crippen molar-refractivity contribution in [2.45, 2.75) is 56.2 Å². The number of carbonyl (C=O) groups is 3. The molecule has 15 heteroatoms. The van der Waals surface area contributed by atoms with Gasteiger partial charge in [0.15, 0.2) is 17.3 Å². The second kappa shape index (κ2) is 16.2. The maximum absolute atomic E-state index is 12.9. The lowest BCUT2D eigenvalue weighted by atomic mass is 10.3. The number of carbonyl (C=O) groups excluding carboxylic acids is 3. The van der Waals surface area contributed by atoms with Crippen LogP contribution in [0.15, 0.2) is 14.4 Å². The van der Waals surface area contributed by atoms with Crippen LogP contribution in [-0.2, 0) is 48.2 Å². The Balaban J connectivity index is 3.07. The number of Topliss-reactive ketones (excluding diaryl/α,β-unsaturated/α-hetero) is 3. The van der Waals surface area contributed by atoms with E-state index < -0.39 is 32.8 Å². The van der Waals surface area contributed by atoms with Crippen LogP contribution in [-0.4, -0.2) is 86.4 Å². The highest BCUT2D eigenvalue weighted by atomic mass is 32.1. The van der Waals surface area contributed by atoms with Gasteiger partial charge in [0.05, 0.1) is 55.2 Å². The predicted molar refractivity (Wildman–Crippen MR) is 142 cm³/mol. The van der Waals surface area contributed by atoms with Gasteiger partial charge in [-0.25, -0.2) is 28.1 Å². The predicted octanol–water partition coefficient (Wildman–Crippen LogP) is -1.12. The third-order valence-electron chi connectivity index (χ3n) is 4.89. The Labute approximate surface area is 224 Å². The summed E-state index contributed by atoms with van der Waals surface area (Å²) in [5.41, 5.74) is -2.68. The van der Waals surface area contributed by atoms with Gasteiger partial charge in [-0.15, -0.1) is 0 Å². The molecule has 0 radical (unpaired) electrons. The topological polar surface area (TPSA) is 145 Å². The Morgan fingerprint density at radius 3 is 1.00 bits per heavy atom. The molecule has 0 fully saturated rings. The van der Waals surface area contributed by atoms with Gasteiger partial charge in [-0.2, -0.15) is 37.9 Å². The fourth-order valence-corrected chi connectivity index (χ4v) is 2.83. The average molecular weight is 568 g/mol. The van der Waals surface area contributed by atoms with Gasteiger partial charge in [-0.05, 0) is 20.8 Å². The molecule has 0 aromatic carbocycles. The number of ether oxygens (including phenoxy) is 3. The lowest BCUT2D eigenvalue weighted by molar-refractivity contribution is -0.123. The molecule has 0 spiro atoms. The van der Waals surface area contributed by atoms with Crippen molar-refractivity contribution in [3.05, 3.63) is 31.5 Å². The summed E-state index contributed by atoms with van der Waals surface area (Å²) in [7, 11) is 0. The van der Waals surface area contributed by atoms with E-state index in [0.717, 1.165) is 13.7 Å². The van der Waals surface area contributed by atoms with E-state index in [2.05, 4.69) is 37.9 Å². The third-order valence-corrected chi connectivity index (χ3v) is 5.76. The molecule has 0 aliphatic carbocycles. The Morgan fingerprint density at radius 2 is 0.806 bits per heavy atom. The first-order valence-electron chi connectivity index (χ1n) is 11.2. The van der Waals surface area contributed by atoms with Gasteiger partial charge in [0.25, 0.3) is 0 Å². The van der Waals surface area contributed by atoms with E-state index in [1.54, 1.807) is 20.8 Å². The largest absolute Gasteiger partial charge is 0.372 e. The number of ketones is 3. The van der Waals surface area contributed by atoms with Gasteiger partial charge in [-0.3, -0.25) is 14.4 Å². The molecule has 0 aliphatic heterocycles. The van der Waals surface area contributed by atoms with Crippen molar-refractivity contribution in [1.82, 2.24) is 13.7 Å². The summed E-state index contributed by atoms with van der Waals surface area (Å²) in [6, 6.07) is 0. The van der Waals surface area contributed by atoms with Crippen LogP contribution in [0.2, 0.25) is 0 Å². The summed E-state index contributed by atoms with van der Waals surface area (Å²) >= 11 is 12.0. The highest BCUT2D eigenvalue weighted by molar-refractivity contribution is 7.82. The molecule has 0 saturated heterocycles. The number of thiol groups is 3. The minimum atomic E-state index is -0.892. The summed E-state index contributed by atoms with van der Waals surface area (Å²) < 4.78 is 18.1. The second-order valence-corrected chi connectivity index (χ2v) is 10.2. The maximum atomic E-state index is 12.9. The second-order valence-electron chi connectivity index (χ2n) is 7.89. The highest BCUT2D eigenvalue weighted by Crippen LogP contribution is 1.97. The fourth-order valence-electron chi connectivity index (χ4n) is 2.60. The molecule has 1 aromatic rings. The van der Waals surface area contributed by atoms with E-state index in [0.29, 0.717) is 0 Å². The van der Waals surface area contributed by atoms with Crippen molar-refractivity contribution in [1.29, 1.82) is 0 Å². The molecule has 3 atom stereocenters. The van der Waals surface area contributed by atoms with E-state index in [4.69, 9.17) is 14.2 Å². The third kappa shape index (κ3) is 10.4. The van der Waals surface area contributed by atoms with Gasteiger partial charge < -0.3 is 14.2 Å². The number of rotatable bonds is 18. The molecular weight excluding hydrogens is 534 g/mol. The minimum absolute atomic E-state index is 0.144. The molecule has 1 heterocycles.